The van der Waals surface area contributed by atoms with E-state index in [1.807, 2.05) is 30.5 Å². The molecule has 0 aliphatic carbocycles. The molecule has 2 bridgehead atoms. The monoisotopic (exact) mass is 255 g/mol. The Kier molecular flexibility index (Phi) is 2.41. The molecule has 98 valence electrons. The van der Waals surface area contributed by atoms with E-state index in [9.17, 15) is 5.11 Å². The molecule has 1 N–H and O–H groups in total. The SMILES string of the molecule is OC1(c2cnc3ccccc3c2)CC2CCC(C1)O2. The number of rotatable bonds is 1. The summed E-state index contributed by atoms with van der Waals surface area (Å²) in [6.07, 6.45) is 5.81. The van der Waals surface area contributed by atoms with Crippen LogP contribution in [0, 0.1) is 0 Å². The third-order valence-corrected chi connectivity index (χ3v) is 4.45. The quantitative estimate of drug-likeness (QED) is 0.852. The van der Waals surface area contributed by atoms with Crippen LogP contribution in [0.5, 0.6) is 0 Å². The van der Waals surface area contributed by atoms with Crippen LogP contribution in [0.4, 0.5) is 0 Å². The Hall–Kier alpha value is -1.45. The molecule has 2 aliphatic heterocycles. The van der Waals surface area contributed by atoms with Crippen molar-refractivity contribution in [1.29, 1.82) is 0 Å². The fourth-order valence-corrected chi connectivity index (χ4v) is 3.48. The summed E-state index contributed by atoms with van der Waals surface area (Å²) in [6.45, 7) is 0. The van der Waals surface area contributed by atoms with Crippen molar-refractivity contribution in [2.75, 3.05) is 0 Å². The van der Waals surface area contributed by atoms with E-state index >= 15 is 0 Å². The maximum atomic E-state index is 11.0. The highest BCUT2D eigenvalue weighted by Crippen LogP contribution is 2.44. The standard InChI is InChI=1S/C16H17NO2/c18-16(8-13-5-6-14(9-16)19-13)12-7-11-3-1-2-4-15(11)17-10-12/h1-4,7,10,13-14,18H,5-6,8-9H2. The molecular weight excluding hydrogens is 238 g/mol. The summed E-state index contributed by atoms with van der Waals surface area (Å²) in [7, 11) is 0. The maximum Gasteiger partial charge on any atom is 0.0960 e. The van der Waals surface area contributed by atoms with Crippen LogP contribution in [0.15, 0.2) is 36.5 Å². The Morgan fingerprint density at radius 1 is 1.16 bits per heavy atom. The molecule has 1 aromatic heterocycles. The van der Waals surface area contributed by atoms with Crippen LogP contribution in [0.3, 0.4) is 0 Å². The van der Waals surface area contributed by atoms with E-state index in [-0.39, 0.29) is 12.2 Å². The van der Waals surface area contributed by atoms with Crippen molar-refractivity contribution >= 4 is 10.9 Å². The zero-order valence-electron chi connectivity index (χ0n) is 10.7. The van der Waals surface area contributed by atoms with Gasteiger partial charge in [-0.05, 0) is 25.0 Å². The third-order valence-electron chi connectivity index (χ3n) is 4.45. The lowest BCUT2D eigenvalue weighted by atomic mass is 9.84. The van der Waals surface area contributed by atoms with Crippen LogP contribution in [0.2, 0.25) is 0 Å². The minimum Gasteiger partial charge on any atom is -0.385 e. The Morgan fingerprint density at radius 3 is 2.68 bits per heavy atom. The number of hydrogen-bond acceptors (Lipinski definition) is 3. The molecule has 2 fully saturated rings. The second kappa shape index (κ2) is 4.02. The Bertz CT molecular complexity index is 613. The van der Waals surface area contributed by atoms with E-state index < -0.39 is 5.60 Å². The second-order valence-corrected chi connectivity index (χ2v) is 5.81. The largest absolute Gasteiger partial charge is 0.385 e. The lowest BCUT2D eigenvalue weighted by Crippen LogP contribution is -2.38. The summed E-state index contributed by atoms with van der Waals surface area (Å²) >= 11 is 0. The molecule has 4 rings (SSSR count). The summed E-state index contributed by atoms with van der Waals surface area (Å²) in [5.41, 5.74) is 1.15. The molecule has 2 atom stereocenters. The number of fused-ring (bicyclic) bond motifs is 3. The number of benzene rings is 1. The summed E-state index contributed by atoms with van der Waals surface area (Å²) in [6, 6.07) is 10.1. The summed E-state index contributed by atoms with van der Waals surface area (Å²) in [4.78, 5) is 4.47. The molecule has 3 heterocycles. The number of aliphatic hydroxyl groups is 1. The van der Waals surface area contributed by atoms with Gasteiger partial charge in [-0.3, -0.25) is 4.98 Å². The summed E-state index contributed by atoms with van der Waals surface area (Å²) in [5, 5.41) is 12.1. The van der Waals surface area contributed by atoms with Crippen molar-refractivity contribution in [3.8, 4) is 0 Å². The zero-order valence-corrected chi connectivity index (χ0v) is 10.7. The Labute approximate surface area is 112 Å². The number of ether oxygens (including phenoxy) is 1. The van der Waals surface area contributed by atoms with Crippen LogP contribution in [-0.2, 0) is 10.3 Å². The van der Waals surface area contributed by atoms with Crippen molar-refractivity contribution < 1.29 is 9.84 Å². The Balaban J connectivity index is 1.76. The summed E-state index contributed by atoms with van der Waals surface area (Å²) < 4.78 is 5.82. The van der Waals surface area contributed by atoms with Crippen LogP contribution in [0.1, 0.15) is 31.2 Å². The van der Waals surface area contributed by atoms with Gasteiger partial charge in [0.15, 0.2) is 0 Å². The van der Waals surface area contributed by atoms with Gasteiger partial charge in [0.1, 0.15) is 0 Å². The molecule has 0 saturated carbocycles. The highest BCUT2D eigenvalue weighted by Gasteiger charge is 2.44. The van der Waals surface area contributed by atoms with E-state index in [1.165, 1.54) is 0 Å². The molecule has 0 amide bonds. The minimum absolute atomic E-state index is 0.218. The first-order valence-corrected chi connectivity index (χ1v) is 6.96. The van der Waals surface area contributed by atoms with E-state index in [4.69, 9.17) is 4.74 Å². The molecular formula is C16H17NO2. The van der Waals surface area contributed by atoms with E-state index in [2.05, 4.69) is 11.1 Å². The van der Waals surface area contributed by atoms with Gasteiger partial charge in [-0.1, -0.05) is 18.2 Å². The fourth-order valence-electron chi connectivity index (χ4n) is 3.48. The molecule has 2 saturated heterocycles. The maximum absolute atomic E-state index is 11.0. The zero-order chi connectivity index (χ0) is 12.9. The number of nitrogens with zero attached hydrogens (tertiary/aromatic N) is 1. The van der Waals surface area contributed by atoms with Crippen LogP contribution < -0.4 is 0 Å². The van der Waals surface area contributed by atoms with Crippen molar-refractivity contribution in [2.45, 2.75) is 43.5 Å². The highest BCUT2D eigenvalue weighted by atomic mass is 16.5. The van der Waals surface area contributed by atoms with Gasteiger partial charge in [-0.2, -0.15) is 0 Å². The summed E-state index contributed by atoms with van der Waals surface area (Å²) in [5.74, 6) is 0. The molecule has 2 unspecified atom stereocenters. The van der Waals surface area contributed by atoms with Crippen LogP contribution in [0.25, 0.3) is 10.9 Å². The molecule has 3 heteroatoms. The van der Waals surface area contributed by atoms with Crippen molar-refractivity contribution in [1.82, 2.24) is 4.98 Å². The van der Waals surface area contributed by atoms with Gasteiger partial charge in [0.25, 0.3) is 0 Å². The van der Waals surface area contributed by atoms with E-state index in [0.717, 1.165) is 29.3 Å². The van der Waals surface area contributed by atoms with Gasteiger partial charge in [-0.25, -0.2) is 0 Å². The lowest BCUT2D eigenvalue weighted by Gasteiger charge is -2.36. The average Bonchev–Trinajstić information content (AvgIpc) is 2.78. The molecule has 0 spiro atoms. The molecule has 2 aromatic rings. The van der Waals surface area contributed by atoms with Crippen molar-refractivity contribution in [2.24, 2.45) is 0 Å². The smallest absolute Gasteiger partial charge is 0.0960 e. The first-order valence-electron chi connectivity index (χ1n) is 6.96. The van der Waals surface area contributed by atoms with E-state index in [0.29, 0.717) is 12.8 Å². The number of aromatic nitrogens is 1. The second-order valence-electron chi connectivity index (χ2n) is 5.81. The Morgan fingerprint density at radius 2 is 1.89 bits per heavy atom. The van der Waals surface area contributed by atoms with Crippen molar-refractivity contribution in [3.63, 3.8) is 0 Å². The number of pyridine rings is 1. The number of para-hydroxylation sites is 1. The van der Waals surface area contributed by atoms with Crippen LogP contribution >= 0.6 is 0 Å². The van der Waals surface area contributed by atoms with Gasteiger partial charge < -0.3 is 9.84 Å². The van der Waals surface area contributed by atoms with Gasteiger partial charge >= 0.3 is 0 Å². The molecule has 3 nitrogen and oxygen atoms in total. The molecule has 19 heavy (non-hydrogen) atoms. The third kappa shape index (κ3) is 1.85. The first kappa shape index (κ1) is 11.4. The molecule has 2 aliphatic rings. The fraction of sp³-hybridized carbons (Fsp3) is 0.438. The first-order chi connectivity index (χ1) is 9.23. The topological polar surface area (TPSA) is 42.4 Å². The molecule has 1 aromatic carbocycles. The van der Waals surface area contributed by atoms with Gasteiger partial charge in [-0.15, -0.1) is 0 Å². The van der Waals surface area contributed by atoms with E-state index in [1.54, 1.807) is 0 Å². The van der Waals surface area contributed by atoms with Gasteiger partial charge in [0.2, 0.25) is 0 Å². The van der Waals surface area contributed by atoms with Gasteiger partial charge in [0, 0.05) is 30.0 Å². The predicted molar refractivity (Wildman–Crippen MR) is 72.8 cm³/mol. The number of hydrogen-bond donors (Lipinski definition) is 1. The van der Waals surface area contributed by atoms with Crippen LogP contribution in [-0.4, -0.2) is 22.3 Å². The predicted octanol–water partition coefficient (Wildman–Crippen LogP) is 2.76. The lowest BCUT2D eigenvalue weighted by molar-refractivity contribution is -0.115. The highest BCUT2D eigenvalue weighted by molar-refractivity contribution is 5.78. The molecule has 0 radical (unpaired) electrons. The van der Waals surface area contributed by atoms with Crippen molar-refractivity contribution in [3.05, 3.63) is 42.1 Å². The normalized spacial score (nSPS) is 33.7. The van der Waals surface area contributed by atoms with Gasteiger partial charge in [0.05, 0.1) is 23.3 Å². The average molecular weight is 255 g/mol. The minimum atomic E-state index is -0.763.